The highest BCUT2D eigenvalue weighted by Gasteiger charge is 2.19. The maximum atomic E-state index is 12.6. The second-order valence-corrected chi connectivity index (χ2v) is 8.93. The van der Waals surface area contributed by atoms with Crippen LogP contribution in [0.3, 0.4) is 0 Å². The Hall–Kier alpha value is -3.91. The standard InChI is InChI=1S/C26H23N5O2S/c1-17-8-11-20(12-9-17)31-25(21-6-4-5-7-22(21)33-3)28-29-26(31)34-16-19-14-24(32)30-15-18(2)10-13-23(30)27-19/h4-15H,16H2,1-3H3. The fraction of sp³-hybridized carbons (Fsp3) is 0.154. The normalized spacial score (nSPS) is 11.1. The van der Waals surface area contributed by atoms with Crippen molar-refractivity contribution in [3.05, 3.63) is 100 Å². The minimum atomic E-state index is -0.0981. The van der Waals surface area contributed by atoms with Gasteiger partial charge in [0.25, 0.3) is 5.56 Å². The minimum Gasteiger partial charge on any atom is -0.496 e. The van der Waals surface area contributed by atoms with E-state index in [-0.39, 0.29) is 5.56 Å². The van der Waals surface area contributed by atoms with Crippen molar-refractivity contribution in [2.75, 3.05) is 7.11 Å². The molecular formula is C26H23N5O2S. The number of benzene rings is 2. The molecule has 3 aromatic heterocycles. The maximum absolute atomic E-state index is 12.6. The van der Waals surface area contributed by atoms with Gasteiger partial charge in [-0.3, -0.25) is 13.8 Å². The predicted octanol–water partition coefficient (Wildman–Crippen LogP) is 4.86. The Morgan fingerprint density at radius 1 is 0.941 bits per heavy atom. The average Bonchev–Trinajstić information content (AvgIpc) is 3.27. The Morgan fingerprint density at radius 2 is 1.71 bits per heavy atom. The average molecular weight is 470 g/mol. The number of hydrogen-bond acceptors (Lipinski definition) is 6. The third-order valence-electron chi connectivity index (χ3n) is 5.48. The zero-order valence-electron chi connectivity index (χ0n) is 19.1. The zero-order chi connectivity index (χ0) is 23.7. The molecule has 0 saturated carbocycles. The summed E-state index contributed by atoms with van der Waals surface area (Å²) in [4.78, 5) is 17.3. The number of rotatable bonds is 6. The van der Waals surface area contributed by atoms with E-state index in [2.05, 4.69) is 34.2 Å². The van der Waals surface area contributed by atoms with Gasteiger partial charge in [-0.05, 0) is 49.7 Å². The van der Waals surface area contributed by atoms with Crippen molar-refractivity contribution in [3.8, 4) is 22.8 Å². The Morgan fingerprint density at radius 3 is 2.50 bits per heavy atom. The molecule has 0 aliphatic heterocycles. The van der Waals surface area contributed by atoms with E-state index in [9.17, 15) is 4.79 Å². The Kier molecular flexibility index (Phi) is 5.90. The van der Waals surface area contributed by atoms with Gasteiger partial charge < -0.3 is 4.74 Å². The van der Waals surface area contributed by atoms with Crippen LogP contribution in [0.2, 0.25) is 0 Å². The Bertz CT molecular complexity index is 1540. The third kappa shape index (κ3) is 4.20. The molecule has 0 aliphatic rings. The SMILES string of the molecule is COc1ccccc1-c1nnc(SCc2cc(=O)n3cc(C)ccc3n2)n1-c1ccc(C)cc1. The lowest BCUT2D eigenvalue weighted by Gasteiger charge is -2.13. The summed E-state index contributed by atoms with van der Waals surface area (Å²) >= 11 is 1.49. The molecule has 5 aromatic rings. The lowest BCUT2D eigenvalue weighted by molar-refractivity contribution is 0.416. The maximum Gasteiger partial charge on any atom is 0.258 e. The first-order valence-electron chi connectivity index (χ1n) is 10.8. The van der Waals surface area contributed by atoms with Crippen LogP contribution in [0.25, 0.3) is 22.7 Å². The first-order chi connectivity index (χ1) is 16.5. The van der Waals surface area contributed by atoms with Crippen LogP contribution in [0, 0.1) is 13.8 Å². The summed E-state index contributed by atoms with van der Waals surface area (Å²) in [5.41, 5.74) is 5.19. The van der Waals surface area contributed by atoms with Gasteiger partial charge in [0.1, 0.15) is 11.4 Å². The molecule has 3 heterocycles. The molecule has 0 fully saturated rings. The van der Waals surface area contributed by atoms with E-state index in [4.69, 9.17) is 4.74 Å². The second kappa shape index (κ2) is 9.15. The lowest BCUT2D eigenvalue weighted by Crippen LogP contribution is -2.15. The predicted molar refractivity (Wildman–Crippen MR) is 134 cm³/mol. The highest BCUT2D eigenvalue weighted by molar-refractivity contribution is 7.98. The van der Waals surface area contributed by atoms with Crippen LogP contribution >= 0.6 is 11.8 Å². The summed E-state index contributed by atoms with van der Waals surface area (Å²) < 4.78 is 9.16. The van der Waals surface area contributed by atoms with E-state index in [1.54, 1.807) is 23.8 Å². The number of ether oxygens (including phenoxy) is 1. The van der Waals surface area contributed by atoms with E-state index < -0.39 is 0 Å². The van der Waals surface area contributed by atoms with E-state index in [0.29, 0.717) is 28.1 Å². The topological polar surface area (TPSA) is 74.3 Å². The Labute approximate surface area is 201 Å². The molecule has 5 rings (SSSR count). The van der Waals surface area contributed by atoms with E-state index in [0.717, 1.165) is 22.6 Å². The van der Waals surface area contributed by atoms with Gasteiger partial charge in [0, 0.05) is 23.7 Å². The van der Waals surface area contributed by atoms with Crippen molar-refractivity contribution < 1.29 is 4.74 Å². The number of aryl methyl sites for hydroxylation is 2. The van der Waals surface area contributed by atoms with Gasteiger partial charge in [-0.15, -0.1) is 10.2 Å². The van der Waals surface area contributed by atoms with Gasteiger partial charge in [-0.2, -0.15) is 0 Å². The molecule has 0 radical (unpaired) electrons. The van der Waals surface area contributed by atoms with Crippen molar-refractivity contribution in [2.45, 2.75) is 24.8 Å². The smallest absolute Gasteiger partial charge is 0.258 e. The molecule has 0 atom stereocenters. The summed E-state index contributed by atoms with van der Waals surface area (Å²) in [6, 6.07) is 21.4. The molecule has 0 aliphatic carbocycles. The first-order valence-corrected chi connectivity index (χ1v) is 11.8. The number of pyridine rings is 1. The van der Waals surface area contributed by atoms with E-state index in [1.165, 1.54) is 17.3 Å². The molecule has 170 valence electrons. The molecule has 34 heavy (non-hydrogen) atoms. The van der Waals surface area contributed by atoms with Crippen molar-refractivity contribution in [1.82, 2.24) is 24.1 Å². The molecule has 0 spiro atoms. The summed E-state index contributed by atoms with van der Waals surface area (Å²) in [6.07, 6.45) is 1.80. The number of fused-ring (bicyclic) bond motifs is 1. The van der Waals surface area contributed by atoms with Crippen LogP contribution in [0.5, 0.6) is 5.75 Å². The van der Waals surface area contributed by atoms with Gasteiger partial charge in [0.2, 0.25) is 0 Å². The largest absolute Gasteiger partial charge is 0.496 e. The van der Waals surface area contributed by atoms with Gasteiger partial charge in [0.15, 0.2) is 11.0 Å². The third-order valence-corrected chi connectivity index (χ3v) is 6.45. The van der Waals surface area contributed by atoms with Crippen LogP contribution in [-0.2, 0) is 5.75 Å². The molecular weight excluding hydrogens is 446 g/mol. The van der Waals surface area contributed by atoms with Gasteiger partial charge in [0.05, 0.1) is 18.4 Å². The Balaban J connectivity index is 1.55. The minimum absolute atomic E-state index is 0.0981. The molecule has 0 bridgehead atoms. The number of hydrogen-bond donors (Lipinski definition) is 0. The molecule has 7 nitrogen and oxygen atoms in total. The fourth-order valence-corrected chi connectivity index (χ4v) is 4.61. The highest BCUT2D eigenvalue weighted by Crippen LogP contribution is 2.34. The number of aromatic nitrogens is 5. The lowest BCUT2D eigenvalue weighted by atomic mass is 10.1. The molecule has 0 N–H and O–H groups in total. The summed E-state index contributed by atoms with van der Waals surface area (Å²) in [5.74, 6) is 1.89. The highest BCUT2D eigenvalue weighted by atomic mass is 32.2. The van der Waals surface area contributed by atoms with Crippen LogP contribution < -0.4 is 10.3 Å². The number of para-hydroxylation sites is 1. The van der Waals surface area contributed by atoms with Crippen LogP contribution in [0.1, 0.15) is 16.8 Å². The van der Waals surface area contributed by atoms with E-state index in [1.807, 2.05) is 60.0 Å². The molecule has 2 aromatic carbocycles. The molecule has 8 heteroatoms. The van der Waals surface area contributed by atoms with Crippen LogP contribution in [0.4, 0.5) is 0 Å². The fourth-order valence-electron chi connectivity index (χ4n) is 3.76. The van der Waals surface area contributed by atoms with Crippen molar-refractivity contribution in [3.63, 3.8) is 0 Å². The van der Waals surface area contributed by atoms with Gasteiger partial charge >= 0.3 is 0 Å². The molecule has 0 saturated heterocycles. The first kappa shape index (κ1) is 21.9. The van der Waals surface area contributed by atoms with Gasteiger partial charge in [-0.1, -0.05) is 47.7 Å². The summed E-state index contributed by atoms with van der Waals surface area (Å²) in [7, 11) is 1.65. The van der Waals surface area contributed by atoms with Crippen molar-refractivity contribution >= 4 is 17.4 Å². The van der Waals surface area contributed by atoms with Crippen molar-refractivity contribution in [2.24, 2.45) is 0 Å². The van der Waals surface area contributed by atoms with Crippen LogP contribution in [0.15, 0.2) is 82.9 Å². The second-order valence-electron chi connectivity index (χ2n) is 7.99. The number of nitrogens with zero attached hydrogens (tertiary/aromatic N) is 5. The van der Waals surface area contributed by atoms with Crippen LogP contribution in [-0.4, -0.2) is 31.3 Å². The molecule has 0 amide bonds. The van der Waals surface area contributed by atoms with Gasteiger partial charge in [-0.25, -0.2) is 4.98 Å². The summed E-state index contributed by atoms with van der Waals surface area (Å²) in [5, 5.41) is 9.70. The van der Waals surface area contributed by atoms with E-state index >= 15 is 0 Å². The number of thioether (sulfide) groups is 1. The monoisotopic (exact) mass is 469 g/mol. The van der Waals surface area contributed by atoms with Crippen molar-refractivity contribution in [1.29, 1.82) is 0 Å². The molecule has 0 unspecified atom stereocenters. The zero-order valence-corrected chi connectivity index (χ0v) is 19.9. The quantitative estimate of drug-likeness (QED) is 0.331. The summed E-state index contributed by atoms with van der Waals surface area (Å²) in [6.45, 7) is 4.00. The number of methoxy groups -OCH3 is 1.